The van der Waals surface area contributed by atoms with Gasteiger partial charge >= 0.3 is 0 Å². The summed E-state index contributed by atoms with van der Waals surface area (Å²) in [5.41, 5.74) is 3.89. The SMILES string of the molecule is CC(C)c1cccc(NC(=O)CSc2ncnc3nc(N(C)Cc4ccccc4)sc23)c1. The zero-order valence-electron chi connectivity index (χ0n) is 18.3. The van der Waals surface area contributed by atoms with Gasteiger partial charge in [-0.1, -0.05) is 79.4 Å². The smallest absolute Gasteiger partial charge is 0.234 e. The summed E-state index contributed by atoms with van der Waals surface area (Å²) >= 11 is 2.95. The number of nitrogens with one attached hydrogen (secondary N) is 1. The van der Waals surface area contributed by atoms with Crippen LogP contribution in [0.2, 0.25) is 0 Å². The maximum Gasteiger partial charge on any atom is 0.234 e. The largest absolute Gasteiger partial charge is 0.347 e. The number of thiazole rings is 1. The molecule has 1 N–H and O–H groups in total. The van der Waals surface area contributed by atoms with Gasteiger partial charge in [0.2, 0.25) is 5.91 Å². The summed E-state index contributed by atoms with van der Waals surface area (Å²) in [5.74, 6) is 0.621. The van der Waals surface area contributed by atoms with Crippen molar-refractivity contribution in [1.29, 1.82) is 0 Å². The first-order chi connectivity index (χ1) is 15.5. The van der Waals surface area contributed by atoms with Gasteiger partial charge in [-0.3, -0.25) is 4.79 Å². The van der Waals surface area contributed by atoms with E-state index in [1.807, 2.05) is 43.4 Å². The predicted molar refractivity (Wildman–Crippen MR) is 134 cm³/mol. The quantitative estimate of drug-likeness (QED) is 0.272. The van der Waals surface area contributed by atoms with Gasteiger partial charge in [0.1, 0.15) is 16.1 Å². The standard InChI is InChI=1S/C24H25N5OS2/c1-16(2)18-10-7-11-19(12-18)27-20(30)14-31-23-21-22(25-15-26-23)28-24(32-21)29(3)13-17-8-5-4-6-9-17/h4-12,15-16H,13-14H2,1-3H3,(H,27,30). The number of carbonyl (C=O) groups is 1. The normalized spacial score (nSPS) is 11.1. The maximum atomic E-state index is 12.5. The average molecular weight is 464 g/mol. The highest BCUT2D eigenvalue weighted by molar-refractivity contribution is 8.00. The first kappa shape index (κ1) is 22.2. The predicted octanol–water partition coefficient (Wildman–Crippen LogP) is 5.58. The summed E-state index contributed by atoms with van der Waals surface area (Å²) in [6, 6.07) is 18.2. The molecular formula is C24H25N5OS2. The first-order valence-electron chi connectivity index (χ1n) is 10.4. The molecule has 6 nitrogen and oxygen atoms in total. The highest BCUT2D eigenvalue weighted by Crippen LogP contribution is 2.33. The Balaban J connectivity index is 1.43. The molecule has 2 heterocycles. The number of aromatic nitrogens is 3. The minimum absolute atomic E-state index is 0.0615. The van der Waals surface area contributed by atoms with Crippen LogP contribution in [-0.2, 0) is 11.3 Å². The van der Waals surface area contributed by atoms with Crippen LogP contribution in [0.1, 0.15) is 30.9 Å². The zero-order chi connectivity index (χ0) is 22.5. The lowest BCUT2D eigenvalue weighted by molar-refractivity contribution is -0.113. The van der Waals surface area contributed by atoms with Gasteiger partial charge in [0.05, 0.1) is 5.75 Å². The molecule has 0 saturated carbocycles. The van der Waals surface area contributed by atoms with Crippen molar-refractivity contribution in [3.05, 3.63) is 72.1 Å². The van der Waals surface area contributed by atoms with Gasteiger partial charge in [0.15, 0.2) is 10.8 Å². The molecule has 1 amide bonds. The number of benzene rings is 2. The molecule has 164 valence electrons. The van der Waals surface area contributed by atoms with Gasteiger partial charge in [-0.25, -0.2) is 9.97 Å². The van der Waals surface area contributed by atoms with Crippen molar-refractivity contribution < 1.29 is 4.79 Å². The lowest BCUT2D eigenvalue weighted by Gasteiger charge is -2.15. The molecule has 0 aliphatic rings. The van der Waals surface area contributed by atoms with E-state index < -0.39 is 0 Å². The van der Waals surface area contributed by atoms with E-state index in [4.69, 9.17) is 0 Å². The second-order valence-electron chi connectivity index (χ2n) is 7.79. The number of fused-ring (bicyclic) bond motifs is 1. The van der Waals surface area contributed by atoms with Crippen molar-refractivity contribution in [3.63, 3.8) is 0 Å². The highest BCUT2D eigenvalue weighted by Gasteiger charge is 2.15. The summed E-state index contributed by atoms with van der Waals surface area (Å²) in [6.07, 6.45) is 1.51. The zero-order valence-corrected chi connectivity index (χ0v) is 19.9. The van der Waals surface area contributed by atoms with Gasteiger partial charge in [-0.2, -0.15) is 4.98 Å². The van der Waals surface area contributed by atoms with E-state index in [1.54, 1.807) is 11.3 Å². The lowest BCUT2D eigenvalue weighted by Crippen LogP contribution is -2.15. The Kier molecular flexibility index (Phi) is 7.02. The molecule has 2 aromatic heterocycles. The van der Waals surface area contributed by atoms with Crippen molar-refractivity contribution in [2.24, 2.45) is 0 Å². The molecule has 0 atom stereocenters. The molecule has 0 aliphatic carbocycles. The van der Waals surface area contributed by atoms with Crippen LogP contribution in [0.15, 0.2) is 66.0 Å². The number of rotatable bonds is 8. The number of hydrogen-bond acceptors (Lipinski definition) is 7. The molecule has 8 heteroatoms. The van der Waals surface area contributed by atoms with Crippen LogP contribution < -0.4 is 10.2 Å². The third-order valence-corrected chi connectivity index (χ3v) is 7.20. The van der Waals surface area contributed by atoms with E-state index in [9.17, 15) is 4.79 Å². The summed E-state index contributed by atoms with van der Waals surface area (Å²) in [4.78, 5) is 28.0. The van der Waals surface area contributed by atoms with Gasteiger partial charge in [0, 0.05) is 19.3 Å². The maximum absolute atomic E-state index is 12.5. The number of hydrogen-bond donors (Lipinski definition) is 1. The summed E-state index contributed by atoms with van der Waals surface area (Å²) in [7, 11) is 2.02. The summed E-state index contributed by atoms with van der Waals surface area (Å²) in [5, 5.41) is 4.63. The fraction of sp³-hybridized carbons (Fsp3) is 0.250. The van der Waals surface area contributed by atoms with Crippen LogP contribution in [-0.4, -0.2) is 33.7 Å². The fourth-order valence-corrected chi connectivity index (χ4v) is 5.07. The van der Waals surface area contributed by atoms with Crippen molar-refractivity contribution in [2.45, 2.75) is 31.3 Å². The minimum atomic E-state index is -0.0615. The van der Waals surface area contributed by atoms with Crippen LogP contribution in [0, 0.1) is 0 Å². The van der Waals surface area contributed by atoms with E-state index >= 15 is 0 Å². The van der Waals surface area contributed by atoms with Gasteiger partial charge in [0.25, 0.3) is 0 Å². The first-order valence-corrected chi connectivity index (χ1v) is 12.2. The van der Waals surface area contributed by atoms with E-state index in [0.717, 1.165) is 27.1 Å². The second kappa shape index (κ2) is 10.1. The summed E-state index contributed by atoms with van der Waals surface area (Å²) in [6.45, 7) is 5.03. The molecule has 4 rings (SSSR count). The lowest BCUT2D eigenvalue weighted by atomic mass is 10.0. The highest BCUT2D eigenvalue weighted by atomic mass is 32.2. The van der Waals surface area contributed by atoms with Crippen molar-refractivity contribution in [1.82, 2.24) is 15.0 Å². The monoisotopic (exact) mass is 463 g/mol. The molecule has 4 aromatic rings. The Morgan fingerprint density at radius 1 is 1.12 bits per heavy atom. The number of nitrogens with zero attached hydrogens (tertiary/aromatic N) is 4. The number of anilines is 2. The Bertz CT molecular complexity index is 1210. The van der Waals surface area contributed by atoms with E-state index in [2.05, 4.69) is 57.2 Å². The minimum Gasteiger partial charge on any atom is -0.347 e. The molecular weight excluding hydrogens is 438 g/mol. The van der Waals surface area contributed by atoms with Crippen LogP contribution >= 0.6 is 23.1 Å². The van der Waals surface area contributed by atoms with E-state index in [1.165, 1.54) is 29.2 Å². The topological polar surface area (TPSA) is 71.0 Å². The Morgan fingerprint density at radius 2 is 1.94 bits per heavy atom. The van der Waals surface area contributed by atoms with Gasteiger partial charge in [-0.15, -0.1) is 0 Å². The van der Waals surface area contributed by atoms with Crippen molar-refractivity contribution in [2.75, 3.05) is 23.0 Å². The van der Waals surface area contributed by atoms with Crippen LogP contribution in [0.4, 0.5) is 10.8 Å². The Labute approximate surface area is 196 Å². The van der Waals surface area contributed by atoms with Crippen molar-refractivity contribution in [3.8, 4) is 0 Å². The molecule has 0 spiro atoms. The average Bonchev–Trinajstić information content (AvgIpc) is 3.24. The van der Waals surface area contributed by atoms with Crippen LogP contribution in [0.3, 0.4) is 0 Å². The van der Waals surface area contributed by atoms with Crippen LogP contribution in [0.5, 0.6) is 0 Å². The second-order valence-corrected chi connectivity index (χ2v) is 9.73. The number of carbonyl (C=O) groups excluding carboxylic acids is 1. The number of thioether (sulfide) groups is 1. The van der Waals surface area contributed by atoms with Gasteiger partial charge in [-0.05, 0) is 29.2 Å². The molecule has 0 bridgehead atoms. The number of amides is 1. The molecule has 0 saturated heterocycles. The summed E-state index contributed by atoms with van der Waals surface area (Å²) < 4.78 is 0.905. The van der Waals surface area contributed by atoms with Crippen LogP contribution in [0.25, 0.3) is 10.3 Å². The molecule has 2 aromatic carbocycles. The van der Waals surface area contributed by atoms with Gasteiger partial charge < -0.3 is 10.2 Å². The molecule has 0 unspecified atom stereocenters. The molecule has 32 heavy (non-hydrogen) atoms. The van der Waals surface area contributed by atoms with E-state index in [0.29, 0.717) is 11.6 Å². The third kappa shape index (κ3) is 5.44. The molecule has 0 radical (unpaired) electrons. The fourth-order valence-electron chi connectivity index (χ4n) is 3.22. The molecule has 0 fully saturated rings. The van der Waals surface area contributed by atoms with Crippen molar-refractivity contribution >= 4 is 50.2 Å². The Morgan fingerprint density at radius 3 is 2.72 bits per heavy atom. The molecule has 0 aliphatic heterocycles. The third-order valence-electron chi connectivity index (χ3n) is 4.91. The Hall–Kier alpha value is -2.97. The van der Waals surface area contributed by atoms with E-state index in [-0.39, 0.29) is 11.7 Å².